The van der Waals surface area contributed by atoms with Gasteiger partial charge in [0.05, 0.1) is 11.4 Å². The summed E-state index contributed by atoms with van der Waals surface area (Å²) in [5.74, 6) is -0.0888. The lowest BCUT2D eigenvalue weighted by Crippen LogP contribution is -2.33. The van der Waals surface area contributed by atoms with Crippen molar-refractivity contribution in [1.82, 2.24) is 10.2 Å². The molecule has 1 fully saturated rings. The number of rotatable bonds is 6. The van der Waals surface area contributed by atoms with Gasteiger partial charge in [0.2, 0.25) is 0 Å². The standard InChI is InChI=1S/C12H12N4O4S.C12H17N.CH4/c13-7-14-11(17)6-20-10-4-3-9-12-8(10)2-1-5-16(12)21(18,19)15-9;1-2-6-12(7-3-1)8-11-13-9-4-5-10-13;/h3-4,15H,1-2,5-6H2,(H,14,17);1-3,6-7H,4-5,8-11H2;1H4. The van der Waals surface area contributed by atoms with Crippen molar-refractivity contribution in [3.8, 4) is 11.9 Å². The molecule has 188 valence electrons. The van der Waals surface area contributed by atoms with Crippen LogP contribution in [0.3, 0.4) is 0 Å². The van der Waals surface area contributed by atoms with Crippen molar-refractivity contribution < 1.29 is 17.9 Å². The van der Waals surface area contributed by atoms with E-state index in [-0.39, 0.29) is 14.0 Å². The van der Waals surface area contributed by atoms with Crippen LogP contribution in [0.1, 0.15) is 37.8 Å². The smallest absolute Gasteiger partial charge is 0.324 e. The molecule has 0 atom stereocenters. The average molecular weight is 500 g/mol. The van der Waals surface area contributed by atoms with Crippen LogP contribution in [0, 0.1) is 11.5 Å². The average Bonchev–Trinajstić information content (AvgIpc) is 3.45. The van der Waals surface area contributed by atoms with Crippen LogP contribution in [0.4, 0.5) is 11.4 Å². The van der Waals surface area contributed by atoms with Gasteiger partial charge in [-0.25, -0.2) is 0 Å². The fourth-order valence-corrected chi connectivity index (χ4v) is 5.86. The summed E-state index contributed by atoms with van der Waals surface area (Å²) in [6.45, 7) is 4.00. The number of likely N-dealkylation sites (tertiary alicyclic amines) is 1. The number of amides is 1. The van der Waals surface area contributed by atoms with Crippen LogP contribution >= 0.6 is 0 Å². The Balaban J connectivity index is 0.000000211. The first-order valence-electron chi connectivity index (χ1n) is 11.5. The topological polar surface area (TPSA) is 115 Å². The van der Waals surface area contributed by atoms with Crippen LogP contribution < -0.4 is 19.1 Å². The Kier molecular flexibility index (Phi) is 8.95. The van der Waals surface area contributed by atoms with Crippen LogP contribution in [0.15, 0.2) is 42.5 Å². The zero-order valence-corrected chi connectivity index (χ0v) is 19.8. The quantitative estimate of drug-likeness (QED) is 0.466. The van der Waals surface area contributed by atoms with Gasteiger partial charge < -0.3 is 9.64 Å². The predicted molar refractivity (Wildman–Crippen MR) is 136 cm³/mol. The molecule has 1 saturated heterocycles. The van der Waals surface area contributed by atoms with E-state index >= 15 is 0 Å². The first kappa shape index (κ1) is 26.3. The minimum absolute atomic E-state index is 0. The number of nitriles is 1. The summed E-state index contributed by atoms with van der Waals surface area (Å²) in [6, 6.07) is 14.0. The molecule has 0 saturated carbocycles. The molecule has 0 spiro atoms. The van der Waals surface area contributed by atoms with E-state index < -0.39 is 16.1 Å². The minimum atomic E-state index is -3.52. The number of hydrogen-bond acceptors (Lipinski definition) is 6. The molecule has 1 amide bonds. The van der Waals surface area contributed by atoms with Gasteiger partial charge >= 0.3 is 10.2 Å². The first-order valence-corrected chi connectivity index (χ1v) is 13.0. The Labute approximate surface area is 207 Å². The van der Waals surface area contributed by atoms with Crippen LogP contribution in [0.5, 0.6) is 5.75 Å². The third-order valence-corrected chi connectivity index (χ3v) is 7.54. The van der Waals surface area contributed by atoms with E-state index in [0.29, 0.717) is 36.5 Å². The summed E-state index contributed by atoms with van der Waals surface area (Å²) < 4.78 is 33.2. The van der Waals surface area contributed by atoms with Crippen molar-refractivity contribution in [3.05, 3.63) is 53.6 Å². The molecule has 0 aromatic heterocycles. The lowest BCUT2D eigenvalue weighted by Gasteiger charge is -2.25. The summed E-state index contributed by atoms with van der Waals surface area (Å²) in [4.78, 5) is 13.8. The lowest BCUT2D eigenvalue weighted by atomic mass is 10.0. The molecule has 3 aliphatic rings. The molecule has 35 heavy (non-hydrogen) atoms. The highest BCUT2D eigenvalue weighted by Crippen LogP contribution is 2.45. The van der Waals surface area contributed by atoms with E-state index in [1.807, 2.05) is 5.32 Å². The molecule has 0 radical (unpaired) electrons. The number of nitrogens with one attached hydrogen (secondary N) is 2. The molecule has 2 aromatic rings. The van der Waals surface area contributed by atoms with Gasteiger partial charge in [0.15, 0.2) is 12.8 Å². The molecule has 0 unspecified atom stereocenters. The Morgan fingerprint density at radius 1 is 1.09 bits per heavy atom. The second kappa shape index (κ2) is 11.9. The number of hydrogen-bond donors (Lipinski definition) is 2. The molecular weight excluding hydrogens is 466 g/mol. The lowest BCUT2D eigenvalue weighted by molar-refractivity contribution is -0.121. The number of benzene rings is 2. The zero-order chi connectivity index (χ0) is 24.0. The van der Waals surface area contributed by atoms with E-state index in [4.69, 9.17) is 10.00 Å². The van der Waals surface area contributed by atoms with Crippen molar-refractivity contribution in [2.24, 2.45) is 0 Å². The molecule has 2 N–H and O–H groups in total. The fraction of sp³-hybridized carbons (Fsp3) is 0.440. The third-order valence-electron chi connectivity index (χ3n) is 6.12. The van der Waals surface area contributed by atoms with E-state index in [1.54, 1.807) is 12.1 Å². The highest BCUT2D eigenvalue weighted by Gasteiger charge is 2.37. The monoisotopic (exact) mass is 499 g/mol. The van der Waals surface area contributed by atoms with Gasteiger partial charge in [-0.15, -0.1) is 0 Å². The molecule has 5 rings (SSSR count). The van der Waals surface area contributed by atoms with Crippen molar-refractivity contribution in [1.29, 1.82) is 5.26 Å². The zero-order valence-electron chi connectivity index (χ0n) is 19.0. The maximum Gasteiger partial charge on any atom is 0.324 e. The summed E-state index contributed by atoms with van der Waals surface area (Å²) in [7, 11) is -3.52. The van der Waals surface area contributed by atoms with Crippen LogP contribution in [0.25, 0.3) is 0 Å². The number of anilines is 2. The third kappa shape index (κ3) is 6.44. The molecule has 2 aromatic carbocycles. The summed E-state index contributed by atoms with van der Waals surface area (Å²) in [6.07, 6.45) is 6.88. The molecule has 10 heteroatoms. The van der Waals surface area contributed by atoms with Gasteiger partial charge in [0, 0.05) is 18.7 Å². The SMILES string of the molecule is C.N#CNC(=O)COc1ccc2c3c1CCCN3S(=O)(=O)N2.c1ccc(CCN2CCCC2)cc1. The number of carbonyl (C=O) groups is 1. The Morgan fingerprint density at radius 2 is 1.83 bits per heavy atom. The molecule has 9 nitrogen and oxygen atoms in total. The normalized spacial score (nSPS) is 17.1. The molecule has 0 bridgehead atoms. The second-order valence-electron chi connectivity index (χ2n) is 8.45. The van der Waals surface area contributed by atoms with Gasteiger partial charge in [0.1, 0.15) is 5.75 Å². The number of nitrogens with zero attached hydrogens (tertiary/aromatic N) is 3. The summed E-state index contributed by atoms with van der Waals surface area (Å²) in [5, 5.41) is 10.3. The van der Waals surface area contributed by atoms with Gasteiger partial charge in [-0.1, -0.05) is 37.8 Å². The van der Waals surface area contributed by atoms with Gasteiger partial charge in [-0.3, -0.25) is 19.1 Å². The number of carbonyl (C=O) groups excluding carboxylic acids is 1. The van der Waals surface area contributed by atoms with Crippen molar-refractivity contribution in [3.63, 3.8) is 0 Å². The maximum absolute atomic E-state index is 12.0. The first-order chi connectivity index (χ1) is 16.5. The highest BCUT2D eigenvalue weighted by atomic mass is 32.2. The van der Waals surface area contributed by atoms with E-state index in [9.17, 15) is 13.2 Å². The van der Waals surface area contributed by atoms with Crippen LogP contribution in [-0.4, -0.2) is 52.0 Å². The van der Waals surface area contributed by atoms with E-state index in [1.165, 1.54) is 55.0 Å². The molecular formula is C25H33N5O4S. The Hall–Kier alpha value is -3.29. The summed E-state index contributed by atoms with van der Waals surface area (Å²) >= 11 is 0. The van der Waals surface area contributed by atoms with Crippen molar-refractivity contribution in [2.45, 2.75) is 39.5 Å². The maximum atomic E-state index is 12.0. The Morgan fingerprint density at radius 3 is 2.54 bits per heavy atom. The van der Waals surface area contributed by atoms with Crippen molar-refractivity contribution >= 4 is 27.5 Å². The molecule has 3 heterocycles. The van der Waals surface area contributed by atoms with Gasteiger partial charge in [-0.2, -0.15) is 13.7 Å². The second-order valence-corrected chi connectivity index (χ2v) is 10.0. The minimum Gasteiger partial charge on any atom is -0.483 e. The van der Waals surface area contributed by atoms with Crippen LogP contribution in [0.2, 0.25) is 0 Å². The largest absolute Gasteiger partial charge is 0.483 e. The van der Waals surface area contributed by atoms with Gasteiger partial charge in [0.25, 0.3) is 5.91 Å². The number of ether oxygens (including phenoxy) is 1. The molecule has 0 aliphatic carbocycles. The fourth-order valence-electron chi connectivity index (χ4n) is 4.49. The predicted octanol–water partition coefficient (Wildman–Crippen LogP) is 3.05. The van der Waals surface area contributed by atoms with Crippen molar-refractivity contribution in [2.75, 3.05) is 41.8 Å². The van der Waals surface area contributed by atoms with Crippen LogP contribution in [-0.2, 0) is 27.8 Å². The Bertz CT molecular complexity index is 1160. The van der Waals surface area contributed by atoms with E-state index in [2.05, 4.69) is 40.0 Å². The highest BCUT2D eigenvalue weighted by molar-refractivity contribution is 7.94. The van der Waals surface area contributed by atoms with Gasteiger partial charge in [-0.05, 0) is 62.9 Å². The summed E-state index contributed by atoms with van der Waals surface area (Å²) in [5.41, 5.74) is 3.35. The van der Waals surface area contributed by atoms with E-state index in [0.717, 1.165) is 5.56 Å². The molecule has 3 aliphatic heterocycles.